The maximum Gasteiger partial charge on any atom is 0.414 e. The van der Waals surface area contributed by atoms with Gasteiger partial charge in [-0.15, -0.1) is 6.58 Å². The van der Waals surface area contributed by atoms with Crippen LogP contribution < -0.4 is 9.47 Å². The number of methoxy groups -OCH3 is 1. The summed E-state index contributed by atoms with van der Waals surface area (Å²) >= 11 is 0. The van der Waals surface area contributed by atoms with Crippen LogP contribution >= 0.6 is 0 Å². The predicted molar refractivity (Wildman–Crippen MR) is 99.1 cm³/mol. The molecule has 1 heterocycles. The van der Waals surface area contributed by atoms with E-state index in [1.54, 1.807) is 13.3 Å². The fourth-order valence-corrected chi connectivity index (χ4v) is 2.14. The zero-order chi connectivity index (χ0) is 20.1. The van der Waals surface area contributed by atoms with Crippen LogP contribution in [-0.4, -0.2) is 45.4 Å². The number of imidazole rings is 1. The van der Waals surface area contributed by atoms with Crippen LogP contribution in [0.2, 0.25) is 0 Å². The molecule has 1 aromatic heterocycles. The van der Waals surface area contributed by atoms with Gasteiger partial charge in [-0.1, -0.05) is 6.08 Å². The third-order valence-electron chi connectivity index (χ3n) is 3.44. The number of carbonyl (C=O) groups is 2. The van der Waals surface area contributed by atoms with Gasteiger partial charge in [-0.3, -0.25) is 0 Å². The molecule has 146 valence electrons. The van der Waals surface area contributed by atoms with Crippen molar-refractivity contribution in [2.75, 3.05) is 13.7 Å². The number of aliphatic carboxylic acids is 2. The van der Waals surface area contributed by atoms with Crippen molar-refractivity contribution in [1.29, 1.82) is 0 Å². The smallest absolute Gasteiger partial charge is 0.414 e. The number of benzene rings is 1. The third kappa shape index (κ3) is 8.57. The Morgan fingerprint density at radius 3 is 2.56 bits per heavy atom. The molecule has 0 saturated heterocycles. The highest BCUT2D eigenvalue weighted by Crippen LogP contribution is 2.25. The van der Waals surface area contributed by atoms with Gasteiger partial charge in [0, 0.05) is 24.5 Å². The number of carboxylic acids is 2. The van der Waals surface area contributed by atoms with Gasteiger partial charge in [0.2, 0.25) is 0 Å². The number of hydrogen-bond acceptors (Lipinski definition) is 5. The summed E-state index contributed by atoms with van der Waals surface area (Å²) in [6.45, 7) is 5.48. The second-order valence-corrected chi connectivity index (χ2v) is 5.43. The van der Waals surface area contributed by atoms with Gasteiger partial charge in [0.1, 0.15) is 11.5 Å². The molecule has 1 aromatic carbocycles. The van der Waals surface area contributed by atoms with E-state index in [0.29, 0.717) is 6.61 Å². The van der Waals surface area contributed by atoms with E-state index in [2.05, 4.69) is 16.1 Å². The molecule has 0 atom stereocenters. The highest BCUT2D eigenvalue weighted by molar-refractivity contribution is 6.27. The standard InChI is InChI=1S/C17H22N2O2.C2H2O4/c1-3-6-15-13-16(20-2)7-8-17(15)21-12-5-4-10-19-11-9-18-14-19;3-1(4)2(5)6/h3,7-9,11,13-14H,1,4-6,10,12H2,2H3;(H,3,4)(H,5,6). The van der Waals surface area contributed by atoms with Gasteiger partial charge in [0.05, 0.1) is 20.0 Å². The summed E-state index contributed by atoms with van der Waals surface area (Å²) in [6, 6.07) is 5.89. The maximum atomic E-state index is 9.10. The number of carboxylic acid groups (broad SMARTS) is 2. The van der Waals surface area contributed by atoms with Crippen molar-refractivity contribution in [1.82, 2.24) is 9.55 Å². The number of aromatic nitrogens is 2. The first-order valence-corrected chi connectivity index (χ1v) is 8.30. The molecule has 0 aliphatic rings. The van der Waals surface area contributed by atoms with E-state index in [0.717, 1.165) is 42.9 Å². The highest BCUT2D eigenvalue weighted by atomic mass is 16.5. The summed E-state index contributed by atoms with van der Waals surface area (Å²) in [5.74, 6) is -1.89. The van der Waals surface area contributed by atoms with Crippen LogP contribution in [0.1, 0.15) is 18.4 Å². The Kier molecular flexibility index (Phi) is 9.77. The fourth-order valence-electron chi connectivity index (χ4n) is 2.14. The van der Waals surface area contributed by atoms with E-state index >= 15 is 0 Å². The number of nitrogens with zero attached hydrogens (tertiary/aromatic N) is 2. The van der Waals surface area contributed by atoms with E-state index in [1.807, 2.05) is 36.8 Å². The number of unbranched alkanes of at least 4 members (excludes halogenated alkanes) is 1. The van der Waals surface area contributed by atoms with E-state index in [-0.39, 0.29) is 0 Å². The minimum atomic E-state index is -1.82. The lowest BCUT2D eigenvalue weighted by Crippen LogP contribution is -2.09. The highest BCUT2D eigenvalue weighted by Gasteiger charge is 2.05. The Bertz CT molecular complexity index is 716. The first kappa shape index (κ1) is 21.8. The van der Waals surface area contributed by atoms with Crippen molar-refractivity contribution in [3.05, 3.63) is 55.1 Å². The lowest BCUT2D eigenvalue weighted by molar-refractivity contribution is -0.159. The zero-order valence-electron chi connectivity index (χ0n) is 15.2. The lowest BCUT2D eigenvalue weighted by atomic mass is 10.1. The van der Waals surface area contributed by atoms with E-state index < -0.39 is 11.9 Å². The molecule has 8 nitrogen and oxygen atoms in total. The molecule has 27 heavy (non-hydrogen) atoms. The number of ether oxygens (including phenoxy) is 2. The van der Waals surface area contributed by atoms with E-state index in [9.17, 15) is 0 Å². The van der Waals surface area contributed by atoms with Crippen LogP contribution in [0, 0.1) is 0 Å². The lowest BCUT2D eigenvalue weighted by Gasteiger charge is -2.12. The molecule has 0 aliphatic carbocycles. The molecular formula is C19H24N2O6. The van der Waals surface area contributed by atoms with Crippen LogP contribution in [0.3, 0.4) is 0 Å². The van der Waals surface area contributed by atoms with E-state index in [1.165, 1.54) is 0 Å². The number of rotatable bonds is 9. The van der Waals surface area contributed by atoms with Gasteiger partial charge in [-0.2, -0.15) is 0 Å². The van der Waals surface area contributed by atoms with Gasteiger partial charge in [-0.05, 0) is 37.5 Å². The summed E-state index contributed by atoms with van der Waals surface area (Å²) in [5, 5.41) is 14.8. The van der Waals surface area contributed by atoms with Crippen molar-refractivity contribution in [2.45, 2.75) is 25.8 Å². The molecule has 0 amide bonds. The molecule has 0 radical (unpaired) electrons. The Labute approximate surface area is 157 Å². The molecule has 0 spiro atoms. The molecule has 0 fully saturated rings. The van der Waals surface area contributed by atoms with Gasteiger partial charge in [0.15, 0.2) is 0 Å². The quantitative estimate of drug-likeness (QED) is 0.393. The molecule has 2 aromatic rings. The molecule has 2 rings (SSSR count). The molecule has 0 bridgehead atoms. The minimum absolute atomic E-state index is 0.713. The van der Waals surface area contributed by atoms with Gasteiger partial charge >= 0.3 is 11.9 Å². The van der Waals surface area contributed by atoms with Crippen molar-refractivity contribution in [3.63, 3.8) is 0 Å². The van der Waals surface area contributed by atoms with Crippen LogP contribution in [0.25, 0.3) is 0 Å². The van der Waals surface area contributed by atoms with Crippen molar-refractivity contribution in [2.24, 2.45) is 0 Å². The van der Waals surface area contributed by atoms with Crippen LogP contribution in [0.15, 0.2) is 49.6 Å². The second-order valence-electron chi connectivity index (χ2n) is 5.43. The Morgan fingerprint density at radius 1 is 1.26 bits per heavy atom. The van der Waals surface area contributed by atoms with Gasteiger partial charge in [0.25, 0.3) is 0 Å². The Balaban J connectivity index is 0.000000527. The maximum absolute atomic E-state index is 9.10. The number of allylic oxidation sites excluding steroid dienone is 1. The Morgan fingerprint density at radius 2 is 2.00 bits per heavy atom. The second kappa shape index (κ2) is 12.1. The summed E-state index contributed by atoms with van der Waals surface area (Å²) < 4.78 is 13.2. The summed E-state index contributed by atoms with van der Waals surface area (Å²) in [4.78, 5) is 22.2. The topological polar surface area (TPSA) is 111 Å². The monoisotopic (exact) mass is 376 g/mol. The van der Waals surface area contributed by atoms with E-state index in [4.69, 9.17) is 29.3 Å². The Hall–Kier alpha value is -3.29. The summed E-state index contributed by atoms with van der Waals surface area (Å²) in [7, 11) is 1.67. The average molecular weight is 376 g/mol. The van der Waals surface area contributed by atoms with Crippen LogP contribution in [-0.2, 0) is 22.6 Å². The molecule has 0 aliphatic heterocycles. The first-order chi connectivity index (χ1) is 13.0. The van der Waals surface area contributed by atoms with Gasteiger partial charge < -0.3 is 24.3 Å². The first-order valence-electron chi connectivity index (χ1n) is 8.30. The largest absolute Gasteiger partial charge is 0.497 e. The summed E-state index contributed by atoms with van der Waals surface area (Å²) in [5.41, 5.74) is 1.11. The molecular weight excluding hydrogens is 352 g/mol. The van der Waals surface area contributed by atoms with Crippen molar-refractivity contribution < 1.29 is 29.3 Å². The molecule has 0 unspecified atom stereocenters. The summed E-state index contributed by atoms with van der Waals surface area (Å²) in [6.07, 6.45) is 10.4. The molecule has 2 N–H and O–H groups in total. The normalized spacial score (nSPS) is 9.67. The SMILES string of the molecule is C=CCc1cc(OC)ccc1OCCCCn1ccnc1.O=C(O)C(=O)O. The van der Waals surface area contributed by atoms with Gasteiger partial charge in [-0.25, -0.2) is 14.6 Å². The van der Waals surface area contributed by atoms with Crippen LogP contribution in [0.5, 0.6) is 11.5 Å². The average Bonchev–Trinajstić information content (AvgIpc) is 3.16. The number of aryl methyl sites for hydroxylation is 1. The predicted octanol–water partition coefficient (Wildman–Crippen LogP) is 2.63. The fraction of sp³-hybridized carbons (Fsp3) is 0.316. The minimum Gasteiger partial charge on any atom is -0.497 e. The third-order valence-corrected chi connectivity index (χ3v) is 3.44. The van der Waals surface area contributed by atoms with Crippen molar-refractivity contribution in [3.8, 4) is 11.5 Å². The zero-order valence-corrected chi connectivity index (χ0v) is 15.2. The number of hydrogen-bond donors (Lipinski definition) is 2. The van der Waals surface area contributed by atoms with Crippen molar-refractivity contribution >= 4 is 11.9 Å². The van der Waals surface area contributed by atoms with Crippen LogP contribution in [0.4, 0.5) is 0 Å². The molecule has 0 saturated carbocycles. The molecule has 8 heteroatoms.